The van der Waals surface area contributed by atoms with Gasteiger partial charge in [0.25, 0.3) is 0 Å². The van der Waals surface area contributed by atoms with Crippen molar-refractivity contribution in [3.63, 3.8) is 0 Å². The van der Waals surface area contributed by atoms with E-state index in [4.69, 9.17) is 0 Å². The Balaban J connectivity index is 1.69. The van der Waals surface area contributed by atoms with Crippen LogP contribution in [0.1, 0.15) is 17.4 Å². The SMILES string of the molecule is CCn1cc(NC(=O)Cn2cc(C)c(-c3ccc(C)s3)n2)nn1. The first-order valence-corrected chi connectivity index (χ1v) is 8.17. The predicted molar refractivity (Wildman–Crippen MR) is 89.3 cm³/mol. The van der Waals surface area contributed by atoms with Crippen molar-refractivity contribution in [3.05, 3.63) is 35.0 Å². The smallest absolute Gasteiger partial charge is 0.247 e. The molecule has 8 heteroatoms. The van der Waals surface area contributed by atoms with Crippen LogP contribution in [-0.4, -0.2) is 30.7 Å². The van der Waals surface area contributed by atoms with Crippen LogP contribution in [0.4, 0.5) is 5.82 Å². The van der Waals surface area contributed by atoms with Crippen LogP contribution in [0.5, 0.6) is 0 Å². The van der Waals surface area contributed by atoms with Gasteiger partial charge in [0.15, 0.2) is 5.82 Å². The number of aryl methyl sites for hydroxylation is 3. The molecule has 0 radical (unpaired) electrons. The normalized spacial score (nSPS) is 10.9. The quantitative estimate of drug-likeness (QED) is 0.779. The Morgan fingerprint density at radius 1 is 1.26 bits per heavy atom. The molecular formula is C15H18N6OS. The van der Waals surface area contributed by atoms with E-state index in [1.165, 1.54) is 4.88 Å². The van der Waals surface area contributed by atoms with Gasteiger partial charge in [-0.2, -0.15) is 5.10 Å². The van der Waals surface area contributed by atoms with Gasteiger partial charge in [-0.05, 0) is 38.5 Å². The number of amides is 1. The first kappa shape index (κ1) is 15.4. The zero-order valence-electron chi connectivity index (χ0n) is 13.3. The van der Waals surface area contributed by atoms with Gasteiger partial charge in [0.05, 0.1) is 11.1 Å². The van der Waals surface area contributed by atoms with Gasteiger partial charge in [0.1, 0.15) is 12.2 Å². The van der Waals surface area contributed by atoms with Crippen molar-refractivity contribution in [3.8, 4) is 10.6 Å². The van der Waals surface area contributed by atoms with Crippen molar-refractivity contribution in [2.24, 2.45) is 0 Å². The van der Waals surface area contributed by atoms with Gasteiger partial charge in [-0.1, -0.05) is 5.21 Å². The lowest BCUT2D eigenvalue weighted by Crippen LogP contribution is -2.19. The van der Waals surface area contributed by atoms with E-state index in [1.807, 2.05) is 20.0 Å². The van der Waals surface area contributed by atoms with Crippen LogP contribution >= 0.6 is 11.3 Å². The van der Waals surface area contributed by atoms with Gasteiger partial charge in [-0.3, -0.25) is 14.2 Å². The Morgan fingerprint density at radius 2 is 2.09 bits per heavy atom. The van der Waals surface area contributed by atoms with E-state index < -0.39 is 0 Å². The van der Waals surface area contributed by atoms with E-state index in [0.29, 0.717) is 12.4 Å². The molecule has 0 aliphatic carbocycles. The summed E-state index contributed by atoms with van der Waals surface area (Å²) in [5.41, 5.74) is 1.98. The lowest BCUT2D eigenvalue weighted by atomic mass is 10.2. The van der Waals surface area contributed by atoms with Gasteiger partial charge < -0.3 is 5.32 Å². The van der Waals surface area contributed by atoms with Gasteiger partial charge in [-0.25, -0.2) is 0 Å². The van der Waals surface area contributed by atoms with Crippen LogP contribution in [0.25, 0.3) is 10.6 Å². The highest BCUT2D eigenvalue weighted by atomic mass is 32.1. The van der Waals surface area contributed by atoms with Crippen molar-refractivity contribution < 1.29 is 4.79 Å². The molecule has 0 aliphatic rings. The largest absolute Gasteiger partial charge is 0.306 e. The highest BCUT2D eigenvalue weighted by Gasteiger charge is 2.12. The number of carbonyl (C=O) groups excluding carboxylic acids is 1. The van der Waals surface area contributed by atoms with Crippen LogP contribution in [0.3, 0.4) is 0 Å². The molecule has 0 bridgehead atoms. The van der Waals surface area contributed by atoms with Gasteiger partial charge in [-0.15, -0.1) is 16.4 Å². The fourth-order valence-electron chi connectivity index (χ4n) is 2.25. The third-order valence-corrected chi connectivity index (χ3v) is 4.36. The summed E-state index contributed by atoms with van der Waals surface area (Å²) in [5.74, 6) is 0.277. The Kier molecular flexibility index (Phi) is 4.24. The van der Waals surface area contributed by atoms with E-state index in [-0.39, 0.29) is 12.5 Å². The van der Waals surface area contributed by atoms with Crippen molar-refractivity contribution in [1.82, 2.24) is 24.8 Å². The minimum Gasteiger partial charge on any atom is -0.306 e. The number of hydrogen-bond donors (Lipinski definition) is 1. The molecule has 1 N–H and O–H groups in total. The van der Waals surface area contributed by atoms with Gasteiger partial charge in [0, 0.05) is 17.6 Å². The highest BCUT2D eigenvalue weighted by molar-refractivity contribution is 7.15. The number of rotatable bonds is 5. The summed E-state index contributed by atoms with van der Waals surface area (Å²) in [7, 11) is 0. The summed E-state index contributed by atoms with van der Waals surface area (Å²) in [5, 5.41) is 15.0. The second-order valence-electron chi connectivity index (χ2n) is 5.28. The number of aromatic nitrogens is 5. The van der Waals surface area contributed by atoms with Crippen molar-refractivity contribution >= 4 is 23.1 Å². The van der Waals surface area contributed by atoms with E-state index in [2.05, 4.69) is 39.8 Å². The summed E-state index contributed by atoms with van der Waals surface area (Å²) in [6, 6.07) is 4.13. The zero-order chi connectivity index (χ0) is 16.4. The molecule has 3 rings (SSSR count). The molecule has 7 nitrogen and oxygen atoms in total. The summed E-state index contributed by atoms with van der Waals surface area (Å²) >= 11 is 1.70. The Morgan fingerprint density at radius 3 is 2.74 bits per heavy atom. The number of anilines is 1. The molecule has 1 amide bonds. The number of carbonyl (C=O) groups is 1. The molecule has 3 aromatic rings. The van der Waals surface area contributed by atoms with E-state index >= 15 is 0 Å². The van der Waals surface area contributed by atoms with E-state index in [1.54, 1.807) is 26.9 Å². The Labute approximate surface area is 137 Å². The molecular weight excluding hydrogens is 312 g/mol. The van der Waals surface area contributed by atoms with Crippen LogP contribution in [-0.2, 0) is 17.9 Å². The second-order valence-corrected chi connectivity index (χ2v) is 6.56. The molecule has 120 valence electrons. The molecule has 23 heavy (non-hydrogen) atoms. The summed E-state index contributed by atoms with van der Waals surface area (Å²) in [6.45, 7) is 6.88. The van der Waals surface area contributed by atoms with Crippen LogP contribution < -0.4 is 5.32 Å². The maximum Gasteiger partial charge on any atom is 0.247 e. The molecule has 3 heterocycles. The lowest BCUT2D eigenvalue weighted by molar-refractivity contribution is -0.116. The van der Waals surface area contributed by atoms with Crippen LogP contribution in [0, 0.1) is 13.8 Å². The van der Waals surface area contributed by atoms with Gasteiger partial charge >= 0.3 is 0 Å². The standard InChI is InChI=1S/C15H18N6OS/c1-4-20-8-13(17-19-20)16-14(22)9-21-7-10(2)15(18-21)12-6-5-11(3)23-12/h5-8H,4,9H2,1-3H3,(H,16,22). The maximum absolute atomic E-state index is 12.1. The van der Waals surface area contributed by atoms with E-state index in [0.717, 1.165) is 16.1 Å². The third kappa shape index (κ3) is 3.48. The van der Waals surface area contributed by atoms with Crippen LogP contribution in [0.2, 0.25) is 0 Å². The molecule has 0 fully saturated rings. The fourth-order valence-corrected chi connectivity index (χ4v) is 3.16. The third-order valence-electron chi connectivity index (χ3n) is 3.35. The zero-order valence-corrected chi connectivity index (χ0v) is 14.1. The molecule has 3 aromatic heterocycles. The fraction of sp³-hybridized carbons (Fsp3) is 0.333. The topological polar surface area (TPSA) is 77.6 Å². The van der Waals surface area contributed by atoms with Crippen molar-refractivity contribution in [1.29, 1.82) is 0 Å². The molecule has 0 aromatic carbocycles. The average molecular weight is 330 g/mol. The van der Waals surface area contributed by atoms with Crippen molar-refractivity contribution in [2.75, 3.05) is 5.32 Å². The summed E-state index contributed by atoms with van der Waals surface area (Å²) in [4.78, 5) is 14.5. The average Bonchev–Trinajstić information content (AvgIpc) is 3.20. The minimum atomic E-state index is -0.176. The highest BCUT2D eigenvalue weighted by Crippen LogP contribution is 2.28. The monoisotopic (exact) mass is 330 g/mol. The first-order chi connectivity index (χ1) is 11.0. The summed E-state index contributed by atoms with van der Waals surface area (Å²) < 4.78 is 3.31. The van der Waals surface area contributed by atoms with Crippen molar-refractivity contribution in [2.45, 2.75) is 33.9 Å². The van der Waals surface area contributed by atoms with Gasteiger partial charge in [0.2, 0.25) is 5.91 Å². The molecule has 0 atom stereocenters. The Hall–Kier alpha value is -2.48. The number of thiophene rings is 1. The summed E-state index contributed by atoms with van der Waals surface area (Å²) in [6.07, 6.45) is 3.58. The molecule has 0 saturated carbocycles. The minimum absolute atomic E-state index is 0.143. The number of nitrogens with one attached hydrogen (secondary N) is 1. The predicted octanol–water partition coefficient (Wildman–Crippen LogP) is 2.48. The molecule has 0 unspecified atom stereocenters. The molecule has 0 spiro atoms. The second kappa shape index (κ2) is 6.33. The molecule has 0 aliphatic heterocycles. The number of nitrogens with zero attached hydrogens (tertiary/aromatic N) is 5. The first-order valence-electron chi connectivity index (χ1n) is 7.36. The lowest BCUT2D eigenvalue weighted by Gasteiger charge is -2.01. The van der Waals surface area contributed by atoms with E-state index in [9.17, 15) is 4.79 Å². The van der Waals surface area contributed by atoms with Crippen LogP contribution in [0.15, 0.2) is 24.5 Å². The maximum atomic E-state index is 12.1. The Bertz CT molecular complexity index is 831. The number of hydrogen-bond acceptors (Lipinski definition) is 5. The molecule has 0 saturated heterocycles.